The van der Waals surface area contributed by atoms with Crippen LogP contribution in [0, 0.1) is 13.8 Å². The van der Waals surface area contributed by atoms with Crippen LogP contribution >= 0.6 is 11.6 Å². The van der Waals surface area contributed by atoms with Gasteiger partial charge in [0.25, 0.3) is 21.8 Å². The molecular weight excluding hydrogens is 536 g/mol. The fourth-order valence-corrected chi connectivity index (χ4v) is 4.71. The number of halogens is 1. The first-order valence-corrected chi connectivity index (χ1v) is 13.2. The minimum atomic E-state index is -3.98. The summed E-state index contributed by atoms with van der Waals surface area (Å²) in [7, 11) is -3.98. The zero-order chi connectivity index (χ0) is 27.8. The van der Waals surface area contributed by atoms with Crippen LogP contribution in [0.1, 0.15) is 35.5 Å². The lowest BCUT2D eigenvalue weighted by Gasteiger charge is -2.16. The van der Waals surface area contributed by atoms with Gasteiger partial charge in [-0.25, -0.2) is 22.8 Å². The minimum Gasteiger partial charge on any atom is -0.459 e. The van der Waals surface area contributed by atoms with Crippen molar-refractivity contribution in [2.24, 2.45) is 0 Å². The summed E-state index contributed by atoms with van der Waals surface area (Å²) in [6.07, 6.45) is -0.347. The number of anilines is 3. The molecule has 0 bridgehead atoms. The summed E-state index contributed by atoms with van der Waals surface area (Å²) in [5.41, 5.74) is 1.52. The van der Waals surface area contributed by atoms with Gasteiger partial charge in [-0.15, -0.1) is 0 Å². The van der Waals surface area contributed by atoms with E-state index < -0.39 is 27.8 Å². The maximum Gasteiger partial charge on any atom is 0.338 e. The van der Waals surface area contributed by atoms with Crippen molar-refractivity contribution in [1.82, 2.24) is 5.16 Å². The molecule has 0 spiro atoms. The maximum atomic E-state index is 13.1. The number of aromatic nitrogens is 1. The van der Waals surface area contributed by atoms with E-state index in [0.717, 1.165) is 4.90 Å². The highest BCUT2D eigenvalue weighted by molar-refractivity contribution is 7.92. The molecule has 2 aromatic carbocycles. The van der Waals surface area contributed by atoms with Gasteiger partial charge >= 0.3 is 5.97 Å². The molecule has 4 rings (SSSR count). The number of nitrogens with zero attached hydrogens (tertiary/aromatic N) is 2. The second-order valence-corrected chi connectivity index (χ2v) is 10.7. The number of benzene rings is 2. The molecule has 0 saturated heterocycles. The third-order valence-corrected chi connectivity index (χ3v) is 7.23. The smallest absolute Gasteiger partial charge is 0.338 e. The molecule has 38 heavy (non-hydrogen) atoms. The third-order valence-electron chi connectivity index (χ3n) is 5.53. The van der Waals surface area contributed by atoms with Crippen molar-refractivity contribution in [3.05, 3.63) is 76.1 Å². The van der Waals surface area contributed by atoms with Gasteiger partial charge in [0.15, 0.2) is 0 Å². The van der Waals surface area contributed by atoms with Crippen LogP contribution in [0.4, 0.5) is 17.3 Å². The highest BCUT2D eigenvalue weighted by atomic mass is 35.5. The van der Waals surface area contributed by atoms with Crippen molar-refractivity contribution in [1.29, 1.82) is 0 Å². The number of hydrogen-bond acceptors (Lipinski definition) is 9. The van der Waals surface area contributed by atoms with Crippen molar-refractivity contribution in [3.63, 3.8) is 0 Å². The van der Waals surface area contributed by atoms with Gasteiger partial charge in [-0.1, -0.05) is 22.8 Å². The van der Waals surface area contributed by atoms with Crippen molar-refractivity contribution >= 4 is 56.7 Å². The first-order chi connectivity index (χ1) is 17.9. The molecule has 0 unspecified atom stereocenters. The maximum absolute atomic E-state index is 13.1. The predicted octanol–water partition coefficient (Wildman–Crippen LogP) is 4.09. The molecule has 0 aliphatic carbocycles. The van der Waals surface area contributed by atoms with Crippen molar-refractivity contribution in [3.8, 4) is 0 Å². The van der Waals surface area contributed by atoms with Gasteiger partial charge in [-0.05, 0) is 70.2 Å². The monoisotopic (exact) mass is 558 g/mol. The number of amides is 2. The Hall–Kier alpha value is -4.16. The number of nitrogens with one attached hydrogen (secondary N) is 2. The van der Waals surface area contributed by atoms with Crippen LogP contribution in [0.5, 0.6) is 0 Å². The second kappa shape index (κ2) is 10.3. The number of aryl methyl sites for hydroxylation is 1. The number of rotatable bonds is 8. The van der Waals surface area contributed by atoms with E-state index in [4.69, 9.17) is 20.9 Å². The molecule has 0 atom stereocenters. The Morgan fingerprint density at radius 1 is 1.08 bits per heavy atom. The van der Waals surface area contributed by atoms with Crippen LogP contribution in [0.2, 0.25) is 0 Å². The molecular formula is C25H23ClN4O7S. The molecule has 13 heteroatoms. The standard InChI is InChI=1S/C25H23ClN4O7S/c1-13(2)36-25(33)16-6-5-7-18(12-16)30-23(31)20(26)21(24(30)32)27-17-8-10-19(11-9-17)38(34,35)29-22-14(3)15(4)28-37-22/h5-13,27,29H,1-4H3. The lowest BCUT2D eigenvalue weighted by Crippen LogP contribution is -2.32. The molecule has 1 aliphatic rings. The van der Waals surface area contributed by atoms with Crippen molar-refractivity contribution in [2.75, 3.05) is 14.9 Å². The average Bonchev–Trinajstić information content (AvgIpc) is 3.28. The SMILES string of the molecule is Cc1noc(NS(=O)(=O)c2ccc(NC3=C(Cl)C(=O)N(c4cccc(C(=O)OC(C)C)c4)C3=O)cc2)c1C. The fourth-order valence-electron chi connectivity index (χ4n) is 3.45. The van der Waals surface area contributed by atoms with Crippen LogP contribution in [-0.2, 0) is 24.3 Å². The lowest BCUT2D eigenvalue weighted by molar-refractivity contribution is -0.120. The summed E-state index contributed by atoms with van der Waals surface area (Å²) in [5, 5.41) is 6.14. The highest BCUT2D eigenvalue weighted by Gasteiger charge is 2.39. The number of carbonyl (C=O) groups is 3. The molecule has 3 aromatic rings. The quantitative estimate of drug-likeness (QED) is 0.308. The molecule has 11 nitrogen and oxygen atoms in total. The number of hydrogen-bond donors (Lipinski definition) is 2. The zero-order valence-electron chi connectivity index (χ0n) is 20.7. The minimum absolute atomic E-state index is 0.0123. The first-order valence-electron chi connectivity index (χ1n) is 11.3. The Bertz CT molecular complexity index is 1580. The predicted molar refractivity (Wildman–Crippen MR) is 139 cm³/mol. The molecule has 0 radical (unpaired) electrons. The van der Waals surface area contributed by atoms with Gasteiger partial charge in [-0.3, -0.25) is 9.59 Å². The van der Waals surface area contributed by atoms with Gasteiger partial charge < -0.3 is 14.6 Å². The van der Waals surface area contributed by atoms with E-state index in [9.17, 15) is 22.8 Å². The van der Waals surface area contributed by atoms with Gasteiger partial charge in [0.05, 0.1) is 27.9 Å². The second-order valence-electron chi connectivity index (χ2n) is 8.62. The Morgan fingerprint density at radius 2 is 1.76 bits per heavy atom. The number of carbonyl (C=O) groups excluding carboxylic acids is 3. The molecule has 2 heterocycles. The van der Waals surface area contributed by atoms with E-state index in [1.54, 1.807) is 27.7 Å². The molecule has 2 amide bonds. The molecule has 0 fully saturated rings. The topological polar surface area (TPSA) is 148 Å². The van der Waals surface area contributed by atoms with Crippen LogP contribution in [0.3, 0.4) is 0 Å². The number of esters is 1. The highest BCUT2D eigenvalue weighted by Crippen LogP contribution is 2.31. The Morgan fingerprint density at radius 3 is 2.37 bits per heavy atom. The van der Waals surface area contributed by atoms with E-state index >= 15 is 0 Å². The summed E-state index contributed by atoms with van der Waals surface area (Å²) in [4.78, 5) is 39.0. The van der Waals surface area contributed by atoms with Crippen molar-refractivity contribution in [2.45, 2.75) is 38.7 Å². The molecule has 1 aliphatic heterocycles. The van der Waals surface area contributed by atoms with Crippen molar-refractivity contribution < 1.29 is 32.1 Å². The number of imide groups is 1. The Labute approximate surface area is 223 Å². The van der Waals surface area contributed by atoms with Gasteiger partial charge in [0.1, 0.15) is 10.7 Å². The van der Waals surface area contributed by atoms with Gasteiger partial charge in [0, 0.05) is 11.3 Å². The fraction of sp³-hybridized carbons (Fsp3) is 0.200. The van der Waals surface area contributed by atoms with E-state index in [2.05, 4.69) is 15.2 Å². The molecule has 0 saturated carbocycles. The third kappa shape index (κ3) is 5.27. The lowest BCUT2D eigenvalue weighted by atomic mass is 10.2. The van der Waals surface area contributed by atoms with Crippen LogP contribution < -0.4 is 14.9 Å². The number of sulfonamides is 1. The number of ether oxygens (including phenoxy) is 1. The molecule has 198 valence electrons. The summed E-state index contributed by atoms with van der Waals surface area (Å²) in [6, 6.07) is 11.3. The average molecular weight is 559 g/mol. The molecule has 2 N–H and O–H groups in total. The summed E-state index contributed by atoms with van der Waals surface area (Å²) >= 11 is 6.19. The van der Waals surface area contributed by atoms with Crippen LogP contribution in [-0.4, -0.2) is 37.5 Å². The Kier molecular flexibility index (Phi) is 7.29. The first kappa shape index (κ1) is 26.9. The zero-order valence-corrected chi connectivity index (χ0v) is 22.3. The van der Waals surface area contributed by atoms with E-state index in [-0.39, 0.29) is 38.9 Å². The van der Waals surface area contributed by atoms with Gasteiger partial charge in [0.2, 0.25) is 5.88 Å². The van der Waals surface area contributed by atoms with E-state index in [0.29, 0.717) is 16.9 Å². The van der Waals surface area contributed by atoms with E-state index in [1.807, 2.05) is 0 Å². The largest absolute Gasteiger partial charge is 0.459 e. The van der Waals surface area contributed by atoms with E-state index in [1.165, 1.54) is 48.5 Å². The van der Waals surface area contributed by atoms with Crippen LogP contribution in [0.25, 0.3) is 0 Å². The summed E-state index contributed by atoms with van der Waals surface area (Å²) in [6.45, 7) is 6.76. The Balaban J connectivity index is 1.52. The normalized spacial score (nSPS) is 13.9. The summed E-state index contributed by atoms with van der Waals surface area (Å²) in [5.74, 6) is -2.12. The molecule has 1 aromatic heterocycles. The summed E-state index contributed by atoms with van der Waals surface area (Å²) < 4.78 is 37.9. The van der Waals surface area contributed by atoms with Gasteiger partial charge in [-0.2, -0.15) is 0 Å². The van der Waals surface area contributed by atoms with Crippen LogP contribution in [0.15, 0.2) is 68.7 Å².